The second-order valence-electron chi connectivity index (χ2n) is 5.54. The summed E-state index contributed by atoms with van der Waals surface area (Å²) < 4.78 is 5.17. The van der Waals surface area contributed by atoms with Gasteiger partial charge in [0.1, 0.15) is 0 Å². The summed E-state index contributed by atoms with van der Waals surface area (Å²) in [6.07, 6.45) is 0.639. The third-order valence-corrected chi connectivity index (χ3v) is 3.86. The van der Waals surface area contributed by atoms with Crippen LogP contribution in [0.4, 0.5) is 0 Å². The predicted molar refractivity (Wildman–Crippen MR) is 87.5 cm³/mol. The number of fused-ring (bicyclic) bond motifs is 1. The van der Waals surface area contributed by atoms with Crippen molar-refractivity contribution in [2.75, 3.05) is 13.2 Å². The van der Waals surface area contributed by atoms with Gasteiger partial charge >= 0.3 is 5.97 Å². The second-order valence-corrected chi connectivity index (χ2v) is 5.54. The largest absolute Gasteiger partial charge is 0.465 e. The number of carbonyl (C=O) groups excluding carboxylic acids is 3. The van der Waals surface area contributed by atoms with E-state index < -0.39 is 0 Å². The highest BCUT2D eigenvalue weighted by Gasteiger charge is 2.34. The van der Waals surface area contributed by atoms with Gasteiger partial charge in [-0.15, -0.1) is 0 Å². The summed E-state index contributed by atoms with van der Waals surface area (Å²) in [5.41, 5.74) is 1.76. The molecule has 0 saturated heterocycles. The zero-order valence-electron chi connectivity index (χ0n) is 13.1. The predicted octanol–water partition coefficient (Wildman–Crippen LogP) is 2.46. The Balaban J connectivity index is 1.45. The summed E-state index contributed by atoms with van der Waals surface area (Å²) in [4.78, 5) is 37.3. The van der Waals surface area contributed by atoms with Crippen molar-refractivity contribution < 1.29 is 19.1 Å². The molecule has 5 nitrogen and oxygen atoms in total. The van der Waals surface area contributed by atoms with Gasteiger partial charge in [-0.3, -0.25) is 19.3 Å². The second kappa shape index (κ2) is 7.08. The third kappa shape index (κ3) is 3.35. The molecule has 5 heteroatoms. The summed E-state index contributed by atoms with van der Waals surface area (Å²) in [5, 5.41) is 0. The van der Waals surface area contributed by atoms with E-state index in [9.17, 15) is 14.4 Å². The molecule has 24 heavy (non-hydrogen) atoms. The molecule has 0 radical (unpaired) electrons. The number of esters is 1. The van der Waals surface area contributed by atoms with Gasteiger partial charge in [-0.2, -0.15) is 0 Å². The van der Waals surface area contributed by atoms with Crippen LogP contribution in [0, 0.1) is 0 Å². The van der Waals surface area contributed by atoms with Crippen molar-refractivity contribution in [1.29, 1.82) is 0 Å². The van der Waals surface area contributed by atoms with E-state index in [1.54, 1.807) is 24.3 Å². The van der Waals surface area contributed by atoms with Crippen molar-refractivity contribution in [3.05, 3.63) is 71.3 Å². The minimum atomic E-state index is -0.316. The number of carbonyl (C=O) groups is 3. The molecule has 1 aliphatic heterocycles. The molecule has 1 aliphatic rings. The smallest absolute Gasteiger partial charge is 0.310 e. The van der Waals surface area contributed by atoms with Crippen LogP contribution >= 0.6 is 0 Å². The zero-order valence-corrected chi connectivity index (χ0v) is 13.1. The molecule has 0 atom stereocenters. The highest BCUT2D eigenvalue weighted by molar-refractivity contribution is 6.21. The summed E-state index contributed by atoms with van der Waals surface area (Å²) in [5.74, 6) is -0.888. The first-order chi connectivity index (χ1) is 11.7. The molecule has 0 fully saturated rings. The van der Waals surface area contributed by atoms with E-state index in [0.29, 0.717) is 17.5 Å². The first-order valence-corrected chi connectivity index (χ1v) is 7.81. The van der Waals surface area contributed by atoms with Gasteiger partial charge in [-0.25, -0.2) is 0 Å². The standard InChI is InChI=1S/C19H17NO4/c21-17(13-14-7-2-1-3-8-14)24-12-6-11-20-18(22)15-9-4-5-10-16(15)19(20)23/h1-5,7-10H,6,11-13H2. The van der Waals surface area contributed by atoms with Crippen molar-refractivity contribution in [3.8, 4) is 0 Å². The van der Waals surface area contributed by atoms with Gasteiger partial charge < -0.3 is 4.74 Å². The zero-order chi connectivity index (χ0) is 16.9. The Morgan fingerprint density at radius 1 is 0.875 bits per heavy atom. The van der Waals surface area contributed by atoms with E-state index in [-0.39, 0.29) is 37.4 Å². The van der Waals surface area contributed by atoms with Gasteiger partial charge in [0.15, 0.2) is 0 Å². The number of rotatable bonds is 6. The highest BCUT2D eigenvalue weighted by atomic mass is 16.5. The number of hydrogen-bond donors (Lipinski definition) is 0. The van der Waals surface area contributed by atoms with E-state index in [0.717, 1.165) is 5.56 Å². The fourth-order valence-electron chi connectivity index (χ4n) is 2.66. The fraction of sp³-hybridized carbons (Fsp3) is 0.211. The van der Waals surface area contributed by atoms with E-state index in [4.69, 9.17) is 4.74 Å². The lowest BCUT2D eigenvalue weighted by Crippen LogP contribution is -2.31. The van der Waals surface area contributed by atoms with Gasteiger partial charge in [-0.1, -0.05) is 42.5 Å². The third-order valence-electron chi connectivity index (χ3n) is 3.86. The van der Waals surface area contributed by atoms with Crippen molar-refractivity contribution in [1.82, 2.24) is 4.90 Å². The van der Waals surface area contributed by atoms with Crippen LogP contribution in [0.5, 0.6) is 0 Å². The molecular formula is C19H17NO4. The number of amides is 2. The minimum absolute atomic E-state index is 0.180. The Morgan fingerprint density at radius 2 is 1.46 bits per heavy atom. The molecule has 2 aromatic carbocycles. The van der Waals surface area contributed by atoms with E-state index in [2.05, 4.69) is 0 Å². The maximum Gasteiger partial charge on any atom is 0.310 e. The normalized spacial score (nSPS) is 13.1. The van der Waals surface area contributed by atoms with Crippen LogP contribution in [0.2, 0.25) is 0 Å². The Morgan fingerprint density at radius 3 is 2.08 bits per heavy atom. The quantitative estimate of drug-likeness (QED) is 0.465. The van der Waals surface area contributed by atoms with E-state index in [1.165, 1.54) is 4.90 Å². The molecule has 2 aromatic rings. The van der Waals surface area contributed by atoms with Crippen molar-refractivity contribution in [3.63, 3.8) is 0 Å². The number of hydrogen-bond acceptors (Lipinski definition) is 4. The van der Waals surface area contributed by atoms with Crippen LogP contribution in [0.3, 0.4) is 0 Å². The average Bonchev–Trinajstić information content (AvgIpc) is 2.84. The molecule has 0 N–H and O–H groups in total. The molecule has 0 saturated carbocycles. The topological polar surface area (TPSA) is 63.7 Å². The van der Waals surface area contributed by atoms with Gasteiger partial charge in [0.05, 0.1) is 24.2 Å². The number of ether oxygens (including phenoxy) is 1. The number of imide groups is 1. The fourth-order valence-corrected chi connectivity index (χ4v) is 2.66. The molecule has 0 aromatic heterocycles. The van der Waals surface area contributed by atoms with Crippen LogP contribution in [0.25, 0.3) is 0 Å². The monoisotopic (exact) mass is 323 g/mol. The maximum absolute atomic E-state index is 12.2. The lowest BCUT2D eigenvalue weighted by atomic mass is 10.1. The lowest BCUT2D eigenvalue weighted by Gasteiger charge is -2.13. The van der Waals surface area contributed by atoms with Gasteiger partial charge in [0.25, 0.3) is 11.8 Å². The SMILES string of the molecule is O=C(Cc1ccccc1)OCCCN1C(=O)c2ccccc2C1=O. The Labute approximate surface area is 139 Å². The van der Waals surface area contributed by atoms with Crippen molar-refractivity contribution in [2.24, 2.45) is 0 Å². The highest BCUT2D eigenvalue weighted by Crippen LogP contribution is 2.22. The lowest BCUT2D eigenvalue weighted by molar-refractivity contribution is -0.142. The van der Waals surface area contributed by atoms with Crippen LogP contribution in [0.1, 0.15) is 32.7 Å². The average molecular weight is 323 g/mol. The Hall–Kier alpha value is -2.95. The molecular weight excluding hydrogens is 306 g/mol. The number of benzene rings is 2. The van der Waals surface area contributed by atoms with Gasteiger partial charge in [-0.05, 0) is 24.1 Å². The van der Waals surface area contributed by atoms with Gasteiger partial charge in [0, 0.05) is 6.54 Å². The molecule has 3 rings (SSSR count). The summed E-state index contributed by atoms with van der Waals surface area (Å²) >= 11 is 0. The summed E-state index contributed by atoms with van der Waals surface area (Å²) in [6, 6.07) is 16.1. The molecule has 122 valence electrons. The summed E-state index contributed by atoms with van der Waals surface area (Å²) in [6.45, 7) is 0.421. The first-order valence-electron chi connectivity index (χ1n) is 7.81. The molecule has 0 bridgehead atoms. The molecule has 0 unspecified atom stereocenters. The van der Waals surface area contributed by atoms with Gasteiger partial charge in [0.2, 0.25) is 0 Å². The molecule has 1 heterocycles. The van der Waals surface area contributed by atoms with Crippen molar-refractivity contribution >= 4 is 17.8 Å². The van der Waals surface area contributed by atoms with Crippen LogP contribution < -0.4 is 0 Å². The van der Waals surface area contributed by atoms with E-state index >= 15 is 0 Å². The number of nitrogens with zero attached hydrogens (tertiary/aromatic N) is 1. The van der Waals surface area contributed by atoms with Crippen LogP contribution in [-0.4, -0.2) is 35.8 Å². The van der Waals surface area contributed by atoms with Crippen molar-refractivity contribution in [2.45, 2.75) is 12.8 Å². The molecule has 0 spiro atoms. The Kier molecular flexibility index (Phi) is 4.70. The minimum Gasteiger partial charge on any atom is -0.465 e. The maximum atomic E-state index is 12.2. The van der Waals surface area contributed by atoms with Crippen LogP contribution in [0.15, 0.2) is 54.6 Å². The molecule has 2 amide bonds. The van der Waals surface area contributed by atoms with E-state index in [1.807, 2.05) is 30.3 Å². The summed E-state index contributed by atoms with van der Waals surface area (Å²) in [7, 11) is 0. The first kappa shape index (κ1) is 15.9. The Bertz CT molecular complexity index is 735. The van der Waals surface area contributed by atoms with Crippen LogP contribution in [-0.2, 0) is 16.0 Å². The molecule has 0 aliphatic carbocycles.